The largest absolute Gasteiger partial charge is 0.493 e. The Hall–Kier alpha value is -3.66. The fraction of sp³-hybridized carbons (Fsp3) is 0.364. The van der Waals surface area contributed by atoms with Crippen molar-refractivity contribution in [2.75, 3.05) is 45.7 Å². The Bertz CT molecular complexity index is 1060. The highest BCUT2D eigenvalue weighted by Crippen LogP contribution is 2.34. The van der Waals surface area contributed by atoms with E-state index in [9.17, 15) is 4.79 Å². The predicted octanol–water partition coefficient (Wildman–Crippen LogP) is 2.34. The van der Waals surface area contributed by atoms with Crippen LogP contribution >= 0.6 is 0 Å². The first-order valence-electron chi connectivity index (χ1n) is 10.4. The van der Waals surface area contributed by atoms with E-state index in [0.29, 0.717) is 36.8 Å². The molecule has 10 heteroatoms. The van der Waals surface area contributed by atoms with Crippen molar-refractivity contribution in [3.8, 4) is 17.2 Å². The fourth-order valence-corrected chi connectivity index (χ4v) is 3.68. The highest BCUT2D eigenvalue weighted by Gasteiger charge is 2.24. The molecular formula is C22H27N7O3. The maximum Gasteiger partial charge on any atom is 0.322 e. The number of para-hydroxylation sites is 1. The number of nitrogens with one attached hydrogen (secondary N) is 1. The van der Waals surface area contributed by atoms with Crippen molar-refractivity contribution in [3.05, 3.63) is 53.9 Å². The molecular weight excluding hydrogens is 410 g/mol. The van der Waals surface area contributed by atoms with Crippen LogP contribution < -0.4 is 14.8 Å². The Kier molecular flexibility index (Phi) is 6.50. The zero-order valence-electron chi connectivity index (χ0n) is 18.5. The molecule has 168 valence electrons. The number of piperazine rings is 1. The van der Waals surface area contributed by atoms with Crippen LogP contribution in [-0.4, -0.2) is 76.4 Å². The molecule has 1 saturated heterocycles. The van der Waals surface area contributed by atoms with E-state index in [1.165, 1.54) is 5.56 Å². The number of rotatable bonds is 6. The summed E-state index contributed by atoms with van der Waals surface area (Å²) in [6.45, 7) is 5.31. The quantitative estimate of drug-likeness (QED) is 0.632. The second kappa shape index (κ2) is 9.65. The molecule has 1 N–H and O–H groups in total. The summed E-state index contributed by atoms with van der Waals surface area (Å²) in [6.07, 6.45) is 0. The molecule has 1 fully saturated rings. The van der Waals surface area contributed by atoms with Crippen LogP contribution in [0.25, 0.3) is 5.69 Å². The molecule has 0 unspecified atom stereocenters. The van der Waals surface area contributed by atoms with Gasteiger partial charge in [-0.25, -0.2) is 4.79 Å². The van der Waals surface area contributed by atoms with Gasteiger partial charge in [-0.15, -0.1) is 5.10 Å². The smallest absolute Gasteiger partial charge is 0.322 e. The van der Waals surface area contributed by atoms with Crippen molar-refractivity contribution in [1.29, 1.82) is 0 Å². The van der Waals surface area contributed by atoms with Gasteiger partial charge in [0.25, 0.3) is 0 Å². The Morgan fingerprint density at radius 1 is 1.03 bits per heavy atom. The van der Waals surface area contributed by atoms with Crippen LogP contribution in [0.2, 0.25) is 0 Å². The summed E-state index contributed by atoms with van der Waals surface area (Å²) in [6, 6.07) is 13.3. The lowest BCUT2D eigenvalue weighted by Crippen LogP contribution is -2.49. The molecule has 2 heterocycles. The van der Waals surface area contributed by atoms with E-state index in [4.69, 9.17) is 9.47 Å². The highest BCUT2D eigenvalue weighted by molar-refractivity contribution is 5.91. The first-order chi connectivity index (χ1) is 15.6. The average molecular weight is 438 g/mol. The van der Waals surface area contributed by atoms with Gasteiger partial charge in [0.15, 0.2) is 17.3 Å². The lowest BCUT2D eigenvalue weighted by Gasteiger charge is -2.34. The summed E-state index contributed by atoms with van der Waals surface area (Å²) in [4.78, 5) is 16.8. The highest BCUT2D eigenvalue weighted by atomic mass is 16.5. The Morgan fingerprint density at radius 2 is 1.78 bits per heavy atom. The van der Waals surface area contributed by atoms with Crippen LogP contribution in [-0.2, 0) is 6.54 Å². The first-order valence-corrected chi connectivity index (χ1v) is 10.4. The van der Waals surface area contributed by atoms with Gasteiger partial charge < -0.3 is 19.7 Å². The Labute approximate surface area is 186 Å². The Balaban J connectivity index is 1.35. The van der Waals surface area contributed by atoms with Crippen LogP contribution in [0.3, 0.4) is 0 Å². The van der Waals surface area contributed by atoms with Gasteiger partial charge in [-0.1, -0.05) is 23.8 Å². The number of benzene rings is 2. The number of nitrogens with zero attached hydrogens (tertiary/aromatic N) is 6. The van der Waals surface area contributed by atoms with Gasteiger partial charge in [0, 0.05) is 26.2 Å². The number of urea groups is 1. The maximum absolute atomic E-state index is 12.8. The predicted molar refractivity (Wildman–Crippen MR) is 119 cm³/mol. The summed E-state index contributed by atoms with van der Waals surface area (Å²) >= 11 is 0. The molecule has 2 aromatic carbocycles. The van der Waals surface area contributed by atoms with Gasteiger partial charge in [-0.05, 0) is 41.6 Å². The molecule has 0 bridgehead atoms. The summed E-state index contributed by atoms with van der Waals surface area (Å²) in [5.74, 6) is 1.85. The standard InChI is InChI=1S/C22H27N7O3/c1-16-7-9-17(10-8-16)29-20(24-25-26-29)15-27-11-13-28(14-12-27)22(30)23-18-5-4-6-19(31-2)21(18)32-3/h4-10H,11-15H2,1-3H3,(H,23,30). The van der Waals surface area contributed by atoms with Crippen LogP contribution in [0, 0.1) is 6.92 Å². The molecule has 0 saturated carbocycles. The molecule has 0 radical (unpaired) electrons. The number of ether oxygens (including phenoxy) is 2. The van der Waals surface area contributed by atoms with E-state index >= 15 is 0 Å². The van der Waals surface area contributed by atoms with E-state index in [1.54, 1.807) is 35.9 Å². The molecule has 0 atom stereocenters. The molecule has 2 amide bonds. The van der Waals surface area contributed by atoms with Gasteiger partial charge in [0.05, 0.1) is 32.1 Å². The van der Waals surface area contributed by atoms with E-state index in [1.807, 2.05) is 37.3 Å². The molecule has 1 aromatic heterocycles. The Morgan fingerprint density at radius 3 is 2.47 bits per heavy atom. The number of carbonyl (C=O) groups is 1. The number of aromatic nitrogens is 4. The lowest BCUT2D eigenvalue weighted by atomic mass is 10.2. The van der Waals surface area contributed by atoms with Gasteiger partial charge in [-0.2, -0.15) is 4.68 Å². The summed E-state index contributed by atoms with van der Waals surface area (Å²) < 4.78 is 12.5. The molecule has 32 heavy (non-hydrogen) atoms. The fourth-order valence-electron chi connectivity index (χ4n) is 3.68. The minimum Gasteiger partial charge on any atom is -0.493 e. The van der Waals surface area contributed by atoms with E-state index in [-0.39, 0.29) is 6.03 Å². The normalized spacial score (nSPS) is 14.3. The second-order valence-electron chi connectivity index (χ2n) is 7.58. The molecule has 1 aliphatic rings. The van der Waals surface area contributed by atoms with Crippen LogP contribution in [0.5, 0.6) is 11.5 Å². The number of carbonyl (C=O) groups excluding carboxylic acids is 1. The third kappa shape index (κ3) is 4.65. The van der Waals surface area contributed by atoms with Crippen LogP contribution in [0.4, 0.5) is 10.5 Å². The molecule has 3 aromatic rings. The number of tetrazole rings is 1. The minimum absolute atomic E-state index is 0.166. The van der Waals surface area contributed by atoms with E-state index in [0.717, 1.165) is 24.6 Å². The van der Waals surface area contributed by atoms with Crippen LogP contribution in [0.15, 0.2) is 42.5 Å². The topological polar surface area (TPSA) is 97.6 Å². The summed E-state index contributed by atoms with van der Waals surface area (Å²) in [5.41, 5.74) is 2.70. The number of aryl methyl sites for hydroxylation is 1. The van der Waals surface area contributed by atoms with Crippen molar-refractivity contribution in [1.82, 2.24) is 30.0 Å². The average Bonchev–Trinajstić information content (AvgIpc) is 3.27. The van der Waals surface area contributed by atoms with Crippen molar-refractivity contribution >= 4 is 11.7 Å². The van der Waals surface area contributed by atoms with Crippen molar-refractivity contribution in [2.45, 2.75) is 13.5 Å². The first kappa shape index (κ1) is 21.6. The summed E-state index contributed by atoms with van der Waals surface area (Å²) in [5, 5.41) is 15.1. The number of hydrogen-bond acceptors (Lipinski definition) is 7. The van der Waals surface area contributed by atoms with Gasteiger partial charge in [0.2, 0.25) is 0 Å². The van der Waals surface area contributed by atoms with Gasteiger partial charge in [-0.3, -0.25) is 4.90 Å². The van der Waals surface area contributed by atoms with Crippen molar-refractivity contribution in [2.24, 2.45) is 0 Å². The van der Waals surface area contributed by atoms with Crippen LogP contribution in [0.1, 0.15) is 11.4 Å². The van der Waals surface area contributed by atoms with Crippen molar-refractivity contribution < 1.29 is 14.3 Å². The third-order valence-corrected chi connectivity index (χ3v) is 5.48. The lowest BCUT2D eigenvalue weighted by molar-refractivity contribution is 0.140. The van der Waals surface area contributed by atoms with Crippen molar-refractivity contribution in [3.63, 3.8) is 0 Å². The third-order valence-electron chi connectivity index (χ3n) is 5.48. The molecule has 0 spiro atoms. The second-order valence-corrected chi connectivity index (χ2v) is 7.58. The van der Waals surface area contributed by atoms with E-state index < -0.39 is 0 Å². The molecule has 10 nitrogen and oxygen atoms in total. The monoisotopic (exact) mass is 437 g/mol. The number of hydrogen-bond donors (Lipinski definition) is 1. The summed E-state index contributed by atoms with van der Waals surface area (Å²) in [7, 11) is 3.12. The maximum atomic E-state index is 12.8. The molecule has 4 rings (SSSR count). The molecule has 0 aliphatic carbocycles. The van der Waals surface area contributed by atoms with E-state index in [2.05, 4.69) is 25.7 Å². The SMILES string of the molecule is COc1cccc(NC(=O)N2CCN(Cc3nnnn3-c3ccc(C)cc3)CC2)c1OC. The minimum atomic E-state index is -0.166. The number of methoxy groups -OCH3 is 2. The number of amides is 2. The van der Waals surface area contributed by atoms with Gasteiger partial charge in [0.1, 0.15) is 0 Å². The zero-order chi connectivity index (χ0) is 22.5. The number of anilines is 1. The zero-order valence-corrected chi connectivity index (χ0v) is 18.5. The van der Waals surface area contributed by atoms with Gasteiger partial charge >= 0.3 is 6.03 Å². The molecule has 1 aliphatic heterocycles.